The molecule has 1 heterocycles. The summed E-state index contributed by atoms with van der Waals surface area (Å²) in [5, 5.41) is 2.84. The molecule has 0 aliphatic carbocycles. The highest BCUT2D eigenvalue weighted by Crippen LogP contribution is 2.24. The van der Waals surface area contributed by atoms with Gasteiger partial charge in [-0.3, -0.25) is 9.69 Å². The molecule has 0 spiro atoms. The highest BCUT2D eigenvalue weighted by atomic mass is 16.5. The molecule has 1 unspecified atom stereocenters. The lowest BCUT2D eigenvalue weighted by molar-refractivity contribution is -0.118. The van der Waals surface area contributed by atoms with Crippen LogP contribution in [0.3, 0.4) is 0 Å². The molecule has 1 aromatic rings. The zero-order valence-corrected chi connectivity index (χ0v) is 12.6. The van der Waals surface area contributed by atoms with Crippen LogP contribution >= 0.6 is 0 Å². The minimum absolute atomic E-state index is 0.0661. The summed E-state index contributed by atoms with van der Waals surface area (Å²) in [7, 11) is 3.29. The number of nitrogen functional groups attached to an aromatic ring is 1. The third kappa shape index (κ3) is 4.34. The second kappa shape index (κ2) is 7.28. The minimum atomic E-state index is -0.0661. The highest BCUT2D eigenvalue weighted by Gasteiger charge is 2.21. The Morgan fingerprint density at radius 3 is 2.95 bits per heavy atom. The predicted octanol–water partition coefficient (Wildman–Crippen LogP) is 1.33. The normalized spacial score (nSPS) is 19.2. The molecular weight excluding hydrogens is 270 g/mol. The van der Waals surface area contributed by atoms with E-state index in [1.807, 2.05) is 0 Å². The number of nitrogens with zero attached hydrogens (tertiary/aromatic N) is 1. The quantitative estimate of drug-likeness (QED) is 0.801. The van der Waals surface area contributed by atoms with E-state index in [9.17, 15) is 4.79 Å². The molecule has 0 saturated carbocycles. The van der Waals surface area contributed by atoms with Gasteiger partial charge >= 0.3 is 0 Å². The smallest absolute Gasteiger partial charge is 0.238 e. The Bertz CT molecular complexity index is 493. The van der Waals surface area contributed by atoms with Crippen molar-refractivity contribution in [2.24, 2.45) is 0 Å². The largest absolute Gasteiger partial charge is 0.497 e. The number of benzene rings is 1. The molecule has 6 heteroatoms. The molecule has 116 valence electrons. The van der Waals surface area contributed by atoms with Crippen molar-refractivity contribution in [2.75, 3.05) is 44.9 Å². The molecule has 1 amide bonds. The number of methoxy groups -OCH3 is 2. The fourth-order valence-corrected chi connectivity index (χ4v) is 2.52. The monoisotopic (exact) mass is 293 g/mol. The van der Waals surface area contributed by atoms with Crippen LogP contribution in [0.4, 0.5) is 11.4 Å². The number of hydrogen-bond acceptors (Lipinski definition) is 5. The number of amides is 1. The molecule has 3 N–H and O–H groups in total. The Labute approximate surface area is 125 Å². The van der Waals surface area contributed by atoms with Gasteiger partial charge in [0.25, 0.3) is 0 Å². The standard InChI is InChI=1S/C15H23N3O3/c1-20-11-5-6-14(13(16)8-11)17-15(19)10-18-7-3-4-12(9-18)21-2/h5-6,8,12H,3-4,7,9-10,16H2,1-2H3,(H,17,19). The zero-order valence-electron chi connectivity index (χ0n) is 12.6. The van der Waals surface area contributed by atoms with Gasteiger partial charge in [0.2, 0.25) is 5.91 Å². The molecule has 6 nitrogen and oxygen atoms in total. The van der Waals surface area contributed by atoms with Crippen LogP contribution in [0.5, 0.6) is 5.75 Å². The van der Waals surface area contributed by atoms with Crippen LogP contribution in [0.15, 0.2) is 18.2 Å². The van der Waals surface area contributed by atoms with E-state index in [-0.39, 0.29) is 12.0 Å². The first kappa shape index (κ1) is 15.6. The molecule has 1 atom stereocenters. The number of nitrogens with two attached hydrogens (primary N) is 1. The van der Waals surface area contributed by atoms with Crippen LogP contribution in [0.25, 0.3) is 0 Å². The van der Waals surface area contributed by atoms with Crippen molar-refractivity contribution in [3.05, 3.63) is 18.2 Å². The number of hydrogen-bond donors (Lipinski definition) is 2. The summed E-state index contributed by atoms with van der Waals surface area (Å²) in [4.78, 5) is 14.2. The van der Waals surface area contributed by atoms with Crippen molar-refractivity contribution < 1.29 is 14.3 Å². The first-order chi connectivity index (χ1) is 10.1. The van der Waals surface area contributed by atoms with Crippen molar-refractivity contribution in [3.8, 4) is 5.75 Å². The maximum atomic E-state index is 12.1. The lowest BCUT2D eigenvalue weighted by Crippen LogP contribution is -2.43. The SMILES string of the molecule is COc1ccc(NC(=O)CN2CCCC(OC)C2)c(N)c1. The van der Waals surface area contributed by atoms with Crippen LogP contribution in [-0.4, -0.2) is 50.8 Å². The molecule has 2 rings (SSSR count). The summed E-state index contributed by atoms with van der Waals surface area (Å²) >= 11 is 0. The van der Waals surface area contributed by atoms with E-state index in [0.29, 0.717) is 23.7 Å². The van der Waals surface area contributed by atoms with Crippen LogP contribution in [0.2, 0.25) is 0 Å². The van der Waals surface area contributed by atoms with Crippen LogP contribution < -0.4 is 15.8 Å². The van der Waals surface area contributed by atoms with E-state index in [1.165, 1.54) is 0 Å². The summed E-state index contributed by atoms with van der Waals surface area (Å²) in [5.74, 6) is 0.605. The maximum Gasteiger partial charge on any atom is 0.238 e. The Morgan fingerprint density at radius 1 is 1.48 bits per heavy atom. The average Bonchev–Trinajstić information content (AvgIpc) is 2.49. The van der Waals surface area contributed by atoms with Gasteiger partial charge in [-0.25, -0.2) is 0 Å². The van der Waals surface area contributed by atoms with E-state index in [4.69, 9.17) is 15.2 Å². The fourth-order valence-electron chi connectivity index (χ4n) is 2.52. The number of rotatable bonds is 5. The van der Waals surface area contributed by atoms with E-state index in [0.717, 1.165) is 25.9 Å². The minimum Gasteiger partial charge on any atom is -0.497 e. The van der Waals surface area contributed by atoms with Gasteiger partial charge in [-0.05, 0) is 31.5 Å². The summed E-state index contributed by atoms with van der Waals surface area (Å²) < 4.78 is 10.4. The van der Waals surface area contributed by atoms with E-state index in [2.05, 4.69) is 10.2 Å². The van der Waals surface area contributed by atoms with E-state index < -0.39 is 0 Å². The Morgan fingerprint density at radius 2 is 2.29 bits per heavy atom. The Balaban J connectivity index is 1.89. The van der Waals surface area contributed by atoms with Crippen molar-refractivity contribution in [1.29, 1.82) is 0 Å². The third-order valence-corrected chi connectivity index (χ3v) is 3.70. The number of carbonyl (C=O) groups is 1. The van der Waals surface area contributed by atoms with Gasteiger partial charge in [0.15, 0.2) is 0 Å². The second-order valence-electron chi connectivity index (χ2n) is 5.24. The zero-order chi connectivity index (χ0) is 15.2. The number of anilines is 2. The maximum absolute atomic E-state index is 12.1. The Kier molecular flexibility index (Phi) is 5.41. The van der Waals surface area contributed by atoms with Gasteiger partial charge in [0, 0.05) is 19.7 Å². The number of carbonyl (C=O) groups excluding carboxylic acids is 1. The molecule has 21 heavy (non-hydrogen) atoms. The van der Waals surface area contributed by atoms with Crippen LogP contribution in [0, 0.1) is 0 Å². The average molecular weight is 293 g/mol. The number of piperidine rings is 1. The fraction of sp³-hybridized carbons (Fsp3) is 0.533. The number of likely N-dealkylation sites (tertiary alicyclic amines) is 1. The molecule has 0 bridgehead atoms. The van der Waals surface area contributed by atoms with Crippen LogP contribution in [0.1, 0.15) is 12.8 Å². The van der Waals surface area contributed by atoms with Gasteiger partial charge in [-0.2, -0.15) is 0 Å². The molecule has 1 aromatic carbocycles. The number of nitrogens with one attached hydrogen (secondary N) is 1. The van der Waals surface area contributed by atoms with Gasteiger partial charge in [0.05, 0.1) is 31.1 Å². The molecule has 1 aliphatic heterocycles. The summed E-state index contributed by atoms with van der Waals surface area (Å²) in [6, 6.07) is 5.21. The number of ether oxygens (including phenoxy) is 2. The van der Waals surface area contributed by atoms with Gasteiger partial charge in [-0.15, -0.1) is 0 Å². The lowest BCUT2D eigenvalue weighted by atomic mass is 10.1. The molecule has 1 saturated heterocycles. The van der Waals surface area contributed by atoms with Gasteiger partial charge in [0.1, 0.15) is 5.75 Å². The predicted molar refractivity (Wildman–Crippen MR) is 82.5 cm³/mol. The van der Waals surface area contributed by atoms with Crippen molar-refractivity contribution in [1.82, 2.24) is 4.90 Å². The summed E-state index contributed by atoms with van der Waals surface area (Å²) in [6.45, 7) is 2.07. The molecule has 0 radical (unpaired) electrons. The first-order valence-corrected chi connectivity index (χ1v) is 7.11. The van der Waals surface area contributed by atoms with Crippen molar-refractivity contribution in [2.45, 2.75) is 18.9 Å². The van der Waals surface area contributed by atoms with E-state index in [1.54, 1.807) is 32.4 Å². The molecular formula is C15H23N3O3. The van der Waals surface area contributed by atoms with Crippen molar-refractivity contribution in [3.63, 3.8) is 0 Å². The molecule has 1 fully saturated rings. The lowest BCUT2D eigenvalue weighted by Gasteiger charge is -2.31. The highest BCUT2D eigenvalue weighted by molar-refractivity contribution is 5.95. The van der Waals surface area contributed by atoms with Gasteiger partial charge in [-0.1, -0.05) is 0 Å². The summed E-state index contributed by atoms with van der Waals surface area (Å²) in [6.07, 6.45) is 2.33. The molecule has 1 aliphatic rings. The van der Waals surface area contributed by atoms with Crippen LogP contribution in [-0.2, 0) is 9.53 Å². The first-order valence-electron chi connectivity index (χ1n) is 7.11. The topological polar surface area (TPSA) is 76.8 Å². The van der Waals surface area contributed by atoms with E-state index >= 15 is 0 Å². The second-order valence-corrected chi connectivity index (χ2v) is 5.24. The Hall–Kier alpha value is -1.79. The third-order valence-electron chi connectivity index (χ3n) is 3.70. The van der Waals surface area contributed by atoms with Crippen molar-refractivity contribution >= 4 is 17.3 Å². The van der Waals surface area contributed by atoms with Gasteiger partial charge < -0.3 is 20.5 Å². The molecule has 0 aromatic heterocycles. The summed E-state index contributed by atoms with van der Waals surface area (Å²) in [5.41, 5.74) is 7.00.